The molecule has 112 valence electrons. The zero-order chi connectivity index (χ0) is 14.7. The van der Waals surface area contributed by atoms with Crippen LogP contribution < -0.4 is 5.32 Å². The van der Waals surface area contributed by atoms with Crippen molar-refractivity contribution in [3.05, 3.63) is 30.1 Å². The summed E-state index contributed by atoms with van der Waals surface area (Å²) >= 11 is 0. The van der Waals surface area contributed by atoms with Crippen molar-refractivity contribution in [2.75, 3.05) is 12.4 Å². The molecule has 1 aromatic heterocycles. The Morgan fingerprint density at radius 2 is 2.14 bits per heavy atom. The topological polar surface area (TPSA) is 64.9 Å². The minimum Gasteiger partial charge on any atom is -0.380 e. The van der Waals surface area contributed by atoms with Gasteiger partial charge in [0.05, 0.1) is 17.8 Å². The second-order valence-electron chi connectivity index (χ2n) is 5.57. The molecular weight excluding hydrogens is 266 g/mol. The Hall–Kier alpha value is -1.95. The van der Waals surface area contributed by atoms with Crippen LogP contribution in [0, 0.1) is 6.92 Å². The van der Waals surface area contributed by atoms with E-state index in [1.54, 1.807) is 18.1 Å². The van der Waals surface area contributed by atoms with Gasteiger partial charge in [-0.25, -0.2) is 4.68 Å². The van der Waals surface area contributed by atoms with E-state index < -0.39 is 0 Å². The standard InChI is InChI=1S/C15H21N5O/c1-11-7-8-12(9-14(11)20-10-16-18-19-20)17-13-5-3-4-6-15(13)21-2/h7-10,13,15,17H,3-6H2,1-2H3. The number of hydrogen-bond donors (Lipinski definition) is 1. The Kier molecular flexibility index (Phi) is 4.15. The van der Waals surface area contributed by atoms with Gasteiger partial charge < -0.3 is 10.1 Å². The third-order valence-electron chi connectivity index (χ3n) is 4.16. The molecule has 0 aliphatic heterocycles. The van der Waals surface area contributed by atoms with Gasteiger partial charge in [-0.3, -0.25) is 0 Å². The third-order valence-corrected chi connectivity index (χ3v) is 4.16. The van der Waals surface area contributed by atoms with E-state index >= 15 is 0 Å². The Bertz CT molecular complexity index is 584. The van der Waals surface area contributed by atoms with Crippen LogP contribution in [0.3, 0.4) is 0 Å². The molecule has 0 amide bonds. The molecule has 6 nitrogen and oxygen atoms in total. The Morgan fingerprint density at radius 1 is 1.29 bits per heavy atom. The number of ether oxygens (including phenoxy) is 1. The quantitative estimate of drug-likeness (QED) is 0.935. The Morgan fingerprint density at radius 3 is 2.90 bits per heavy atom. The highest BCUT2D eigenvalue weighted by atomic mass is 16.5. The second kappa shape index (κ2) is 6.22. The molecule has 2 atom stereocenters. The van der Waals surface area contributed by atoms with Gasteiger partial charge in [0.25, 0.3) is 0 Å². The summed E-state index contributed by atoms with van der Waals surface area (Å²) in [5.74, 6) is 0. The summed E-state index contributed by atoms with van der Waals surface area (Å²) in [6.07, 6.45) is 6.68. The zero-order valence-electron chi connectivity index (χ0n) is 12.5. The molecule has 1 N–H and O–H groups in total. The van der Waals surface area contributed by atoms with Gasteiger partial charge in [0.15, 0.2) is 0 Å². The molecule has 1 aliphatic rings. The molecule has 21 heavy (non-hydrogen) atoms. The number of aryl methyl sites for hydroxylation is 1. The van der Waals surface area contributed by atoms with E-state index in [4.69, 9.17) is 4.74 Å². The number of methoxy groups -OCH3 is 1. The molecule has 1 saturated carbocycles. The lowest BCUT2D eigenvalue weighted by Crippen LogP contribution is -2.37. The van der Waals surface area contributed by atoms with Crippen LogP contribution in [0.4, 0.5) is 5.69 Å². The average Bonchev–Trinajstić information content (AvgIpc) is 3.04. The number of tetrazole rings is 1. The molecule has 1 aromatic carbocycles. The number of nitrogens with one attached hydrogen (secondary N) is 1. The molecule has 2 aromatic rings. The summed E-state index contributed by atoms with van der Waals surface area (Å²) in [5.41, 5.74) is 3.22. The minimum absolute atomic E-state index is 0.288. The molecule has 1 aliphatic carbocycles. The first-order valence-corrected chi connectivity index (χ1v) is 7.41. The highest BCUT2D eigenvalue weighted by molar-refractivity contribution is 5.55. The van der Waals surface area contributed by atoms with Crippen molar-refractivity contribution in [3.63, 3.8) is 0 Å². The van der Waals surface area contributed by atoms with Gasteiger partial charge in [0, 0.05) is 12.8 Å². The van der Waals surface area contributed by atoms with E-state index in [-0.39, 0.29) is 6.10 Å². The molecule has 0 radical (unpaired) electrons. The molecule has 2 unspecified atom stereocenters. The average molecular weight is 287 g/mol. The van der Waals surface area contributed by atoms with Crippen LogP contribution in [0.1, 0.15) is 31.2 Å². The lowest BCUT2D eigenvalue weighted by Gasteiger charge is -2.32. The maximum Gasteiger partial charge on any atom is 0.143 e. The molecular formula is C15H21N5O. The molecule has 0 bridgehead atoms. The Balaban J connectivity index is 1.81. The first kappa shape index (κ1) is 14.0. The fourth-order valence-corrected chi connectivity index (χ4v) is 2.98. The van der Waals surface area contributed by atoms with Crippen molar-refractivity contribution in [2.24, 2.45) is 0 Å². The maximum absolute atomic E-state index is 5.60. The second-order valence-corrected chi connectivity index (χ2v) is 5.57. The van der Waals surface area contributed by atoms with E-state index in [9.17, 15) is 0 Å². The van der Waals surface area contributed by atoms with Crippen LogP contribution in [0.2, 0.25) is 0 Å². The first-order chi connectivity index (χ1) is 10.3. The smallest absolute Gasteiger partial charge is 0.143 e. The summed E-state index contributed by atoms with van der Waals surface area (Å²) in [5, 5.41) is 15.0. The van der Waals surface area contributed by atoms with Crippen molar-refractivity contribution in [3.8, 4) is 5.69 Å². The number of aromatic nitrogens is 4. The number of rotatable bonds is 4. The van der Waals surface area contributed by atoms with Gasteiger partial charge in [-0.2, -0.15) is 0 Å². The van der Waals surface area contributed by atoms with E-state index in [1.807, 2.05) is 0 Å². The number of hydrogen-bond acceptors (Lipinski definition) is 5. The molecule has 1 fully saturated rings. The van der Waals surface area contributed by atoms with Gasteiger partial charge in [0.1, 0.15) is 6.33 Å². The summed E-state index contributed by atoms with van der Waals surface area (Å²) < 4.78 is 7.29. The van der Waals surface area contributed by atoms with Gasteiger partial charge in [0.2, 0.25) is 0 Å². The van der Waals surface area contributed by atoms with Gasteiger partial charge in [-0.05, 0) is 47.9 Å². The van der Waals surface area contributed by atoms with Gasteiger partial charge in [-0.1, -0.05) is 18.9 Å². The lowest BCUT2D eigenvalue weighted by atomic mass is 9.92. The van der Waals surface area contributed by atoms with Crippen LogP contribution >= 0.6 is 0 Å². The minimum atomic E-state index is 0.288. The molecule has 0 saturated heterocycles. The van der Waals surface area contributed by atoms with Crippen LogP contribution in [0.15, 0.2) is 24.5 Å². The number of benzene rings is 1. The predicted molar refractivity (Wildman–Crippen MR) is 80.6 cm³/mol. The zero-order valence-corrected chi connectivity index (χ0v) is 12.5. The third kappa shape index (κ3) is 3.05. The van der Waals surface area contributed by atoms with Crippen molar-refractivity contribution in [1.29, 1.82) is 0 Å². The highest BCUT2D eigenvalue weighted by Gasteiger charge is 2.24. The summed E-state index contributed by atoms with van der Waals surface area (Å²) in [6.45, 7) is 2.05. The SMILES string of the molecule is COC1CCCCC1Nc1ccc(C)c(-n2cnnn2)c1. The van der Waals surface area contributed by atoms with Crippen LogP contribution in [-0.4, -0.2) is 39.5 Å². The summed E-state index contributed by atoms with van der Waals surface area (Å²) in [6, 6.07) is 6.65. The predicted octanol–water partition coefficient (Wildman–Crippen LogP) is 2.34. The highest BCUT2D eigenvalue weighted by Crippen LogP contribution is 2.26. The molecule has 1 heterocycles. The Labute approximate surface area is 124 Å². The molecule has 6 heteroatoms. The summed E-state index contributed by atoms with van der Waals surface area (Å²) in [4.78, 5) is 0. The summed E-state index contributed by atoms with van der Waals surface area (Å²) in [7, 11) is 1.80. The van der Waals surface area contributed by atoms with Crippen molar-refractivity contribution in [2.45, 2.75) is 44.8 Å². The fraction of sp³-hybridized carbons (Fsp3) is 0.533. The first-order valence-electron chi connectivity index (χ1n) is 7.41. The van der Waals surface area contributed by atoms with E-state index in [0.717, 1.165) is 29.8 Å². The maximum atomic E-state index is 5.60. The molecule has 3 rings (SSSR count). The van der Waals surface area contributed by atoms with Crippen LogP contribution in [0.5, 0.6) is 0 Å². The van der Waals surface area contributed by atoms with Crippen molar-refractivity contribution in [1.82, 2.24) is 20.2 Å². The van der Waals surface area contributed by atoms with E-state index in [1.165, 1.54) is 12.8 Å². The fourth-order valence-electron chi connectivity index (χ4n) is 2.98. The van der Waals surface area contributed by atoms with Crippen molar-refractivity contribution < 1.29 is 4.74 Å². The lowest BCUT2D eigenvalue weighted by molar-refractivity contribution is 0.0606. The molecule has 0 spiro atoms. The van der Waals surface area contributed by atoms with Crippen LogP contribution in [0.25, 0.3) is 5.69 Å². The van der Waals surface area contributed by atoms with Crippen LogP contribution in [-0.2, 0) is 4.74 Å². The van der Waals surface area contributed by atoms with Crippen molar-refractivity contribution >= 4 is 5.69 Å². The largest absolute Gasteiger partial charge is 0.380 e. The van der Waals surface area contributed by atoms with Gasteiger partial charge in [-0.15, -0.1) is 5.10 Å². The van der Waals surface area contributed by atoms with Gasteiger partial charge >= 0.3 is 0 Å². The normalized spacial score (nSPS) is 22.2. The van der Waals surface area contributed by atoms with E-state index in [0.29, 0.717) is 6.04 Å². The van der Waals surface area contributed by atoms with E-state index in [2.05, 4.69) is 46.0 Å². The monoisotopic (exact) mass is 287 g/mol. The number of anilines is 1. The number of nitrogens with zero attached hydrogens (tertiary/aromatic N) is 4.